The monoisotopic (exact) mass is 203 g/mol. The molecule has 0 saturated carbocycles. The van der Waals surface area contributed by atoms with E-state index >= 15 is 0 Å². The van der Waals surface area contributed by atoms with Gasteiger partial charge in [-0.25, -0.2) is 0 Å². The number of hydrogen-bond donors (Lipinski definition) is 0. The highest BCUT2D eigenvalue weighted by molar-refractivity contribution is 5.52. The summed E-state index contributed by atoms with van der Waals surface area (Å²) in [5.41, 5.74) is 0.790. The van der Waals surface area contributed by atoms with Gasteiger partial charge in [0, 0.05) is 18.0 Å². The first-order chi connectivity index (χ1) is 7.07. The summed E-state index contributed by atoms with van der Waals surface area (Å²) in [6, 6.07) is 3.73. The highest BCUT2D eigenvalue weighted by Gasteiger charge is 2.17. The van der Waals surface area contributed by atoms with E-state index in [1.54, 1.807) is 17.2 Å². The van der Waals surface area contributed by atoms with Gasteiger partial charge in [-0.05, 0) is 38.1 Å². The van der Waals surface area contributed by atoms with Crippen LogP contribution in [0.5, 0.6) is 0 Å². The molecule has 0 bridgehead atoms. The van der Waals surface area contributed by atoms with Gasteiger partial charge in [0.05, 0.1) is 5.54 Å². The number of rotatable bonds is 1. The third kappa shape index (κ3) is 2.01. The van der Waals surface area contributed by atoms with Crippen LogP contribution < -0.4 is 0 Å². The first kappa shape index (κ1) is 9.76. The van der Waals surface area contributed by atoms with Crippen molar-refractivity contribution in [3.63, 3.8) is 0 Å². The topological polar surface area (TPSA) is 56.5 Å². The minimum absolute atomic E-state index is 0.141. The van der Waals surface area contributed by atoms with Gasteiger partial charge in [-0.15, -0.1) is 10.2 Å². The maximum absolute atomic E-state index is 4.32. The lowest BCUT2D eigenvalue weighted by atomic mass is 10.1. The lowest BCUT2D eigenvalue weighted by molar-refractivity contribution is 0.306. The SMILES string of the molecule is CC(C)(C)n1nnc(-c2ccncc2)n1. The molecule has 2 aromatic heterocycles. The molecule has 2 rings (SSSR count). The molecule has 0 aliphatic rings. The molecule has 2 aromatic rings. The quantitative estimate of drug-likeness (QED) is 0.704. The highest BCUT2D eigenvalue weighted by atomic mass is 15.6. The number of pyridine rings is 1. The summed E-state index contributed by atoms with van der Waals surface area (Å²) in [7, 11) is 0. The number of tetrazole rings is 1. The van der Waals surface area contributed by atoms with Gasteiger partial charge in [-0.3, -0.25) is 4.98 Å². The van der Waals surface area contributed by atoms with Crippen molar-refractivity contribution in [3.8, 4) is 11.4 Å². The first-order valence-corrected chi connectivity index (χ1v) is 4.78. The molecule has 0 N–H and O–H groups in total. The van der Waals surface area contributed by atoms with Crippen LogP contribution in [-0.2, 0) is 5.54 Å². The fourth-order valence-corrected chi connectivity index (χ4v) is 1.12. The molecule has 5 nitrogen and oxygen atoms in total. The molecule has 0 aromatic carbocycles. The van der Waals surface area contributed by atoms with Crippen LogP contribution in [0.4, 0.5) is 0 Å². The van der Waals surface area contributed by atoms with E-state index in [1.165, 1.54) is 0 Å². The molecule has 0 fully saturated rings. The Bertz CT molecular complexity index is 440. The molecule has 5 heteroatoms. The van der Waals surface area contributed by atoms with Crippen LogP contribution in [0.1, 0.15) is 20.8 Å². The fourth-order valence-electron chi connectivity index (χ4n) is 1.12. The summed E-state index contributed by atoms with van der Waals surface area (Å²) in [5.74, 6) is 0.632. The third-order valence-corrected chi connectivity index (χ3v) is 1.95. The van der Waals surface area contributed by atoms with E-state index in [2.05, 4.69) is 20.4 Å². The number of nitrogens with zero attached hydrogens (tertiary/aromatic N) is 5. The van der Waals surface area contributed by atoms with Gasteiger partial charge in [0.25, 0.3) is 0 Å². The van der Waals surface area contributed by atoms with Crippen molar-refractivity contribution < 1.29 is 0 Å². The Kier molecular flexibility index (Phi) is 2.22. The zero-order valence-corrected chi connectivity index (χ0v) is 9.05. The van der Waals surface area contributed by atoms with Crippen LogP contribution in [0.3, 0.4) is 0 Å². The average Bonchev–Trinajstić information content (AvgIpc) is 2.67. The molecule has 0 amide bonds. The Hall–Kier alpha value is -1.78. The van der Waals surface area contributed by atoms with Gasteiger partial charge in [0.2, 0.25) is 5.82 Å². The minimum atomic E-state index is -0.141. The van der Waals surface area contributed by atoms with E-state index in [0.29, 0.717) is 5.82 Å². The Balaban J connectivity index is 2.37. The lowest BCUT2D eigenvalue weighted by Gasteiger charge is -2.15. The van der Waals surface area contributed by atoms with Crippen LogP contribution in [-0.4, -0.2) is 25.2 Å². The van der Waals surface area contributed by atoms with E-state index in [1.807, 2.05) is 32.9 Å². The predicted octanol–water partition coefficient (Wildman–Crippen LogP) is 1.49. The Labute approximate surface area is 88.2 Å². The zero-order valence-electron chi connectivity index (χ0n) is 9.05. The molecule has 0 radical (unpaired) electrons. The smallest absolute Gasteiger partial charge is 0.205 e. The van der Waals surface area contributed by atoms with Crippen molar-refractivity contribution in [1.82, 2.24) is 25.2 Å². The van der Waals surface area contributed by atoms with Crippen molar-refractivity contribution in [1.29, 1.82) is 0 Å². The molecule has 0 spiro atoms. The summed E-state index contributed by atoms with van der Waals surface area (Å²) < 4.78 is 0. The van der Waals surface area contributed by atoms with Gasteiger partial charge in [0.15, 0.2) is 0 Å². The normalized spacial score (nSPS) is 11.7. The fraction of sp³-hybridized carbons (Fsp3) is 0.400. The molecule has 0 aliphatic carbocycles. The van der Waals surface area contributed by atoms with Gasteiger partial charge < -0.3 is 0 Å². The maximum Gasteiger partial charge on any atom is 0.205 e. The van der Waals surface area contributed by atoms with Crippen LogP contribution in [0.15, 0.2) is 24.5 Å². The molecule has 0 unspecified atom stereocenters. The summed E-state index contributed by atoms with van der Waals surface area (Å²) in [6.45, 7) is 6.10. The van der Waals surface area contributed by atoms with Crippen molar-refractivity contribution in [2.75, 3.05) is 0 Å². The van der Waals surface area contributed by atoms with Gasteiger partial charge in [-0.1, -0.05) is 0 Å². The molecule has 0 saturated heterocycles. The number of hydrogen-bond acceptors (Lipinski definition) is 4. The maximum atomic E-state index is 4.32. The van der Waals surface area contributed by atoms with E-state index < -0.39 is 0 Å². The van der Waals surface area contributed by atoms with Crippen molar-refractivity contribution >= 4 is 0 Å². The summed E-state index contributed by atoms with van der Waals surface area (Å²) in [4.78, 5) is 5.56. The van der Waals surface area contributed by atoms with E-state index in [0.717, 1.165) is 5.56 Å². The lowest BCUT2D eigenvalue weighted by Crippen LogP contribution is -2.24. The molecule has 2 heterocycles. The molecular formula is C10H13N5. The summed E-state index contributed by atoms with van der Waals surface area (Å²) in [6.07, 6.45) is 3.43. The van der Waals surface area contributed by atoms with E-state index in [9.17, 15) is 0 Å². The second kappa shape index (κ2) is 3.42. The second-order valence-electron chi connectivity index (χ2n) is 4.31. The molecule has 0 aliphatic heterocycles. The zero-order chi connectivity index (χ0) is 10.9. The van der Waals surface area contributed by atoms with Crippen LogP contribution in [0.25, 0.3) is 11.4 Å². The third-order valence-electron chi connectivity index (χ3n) is 1.95. The Morgan fingerprint density at radius 2 is 1.80 bits per heavy atom. The van der Waals surface area contributed by atoms with Crippen LogP contribution in [0.2, 0.25) is 0 Å². The number of aromatic nitrogens is 5. The summed E-state index contributed by atoms with van der Waals surface area (Å²) >= 11 is 0. The molecule has 0 atom stereocenters. The van der Waals surface area contributed by atoms with Crippen molar-refractivity contribution in [2.45, 2.75) is 26.3 Å². The van der Waals surface area contributed by atoms with Crippen molar-refractivity contribution in [2.24, 2.45) is 0 Å². The average molecular weight is 203 g/mol. The summed E-state index contributed by atoms with van der Waals surface area (Å²) in [5, 5.41) is 12.3. The second-order valence-corrected chi connectivity index (χ2v) is 4.31. The Morgan fingerprint density at radius 3 is 2.33 bits per heavy atom. The van der Waals surface area contributed by atoms with Gasteiger partial charge >= 0.3 is 0 Å². The molecule has 78 valence electrons. The minimum Gasteiger partial charge on any atom is -0.265 e. The van der Waals surface area contributed by atoms with E-state index in [4.69, 9.17) is 0 Å². The van der Waals surface area contributed by atoms with Gasteiger partial charge in [-0.2, -0.15) is 4.80 Å². The first-order valence-electron chi connectivity index (χ1n) is 4.78. The standard InChI is InChI=1S/C10H13N5/c1-10(2,3)15-13-9(12-14-15)8-4-6-11-7-5-8/h4-7H,1-3H3. The highest BCUT2D eigenvalue weighted by Crippen LogP contribution is 2.15. The van der Waals surface area contributed by atoms with Crippen molar-refractivity contribution in [3.05, 3.63) is 24.5 Å². The molecular weight excluding hydrogens is 190 g/mol. The largest absolute Gasteiger partial charge is 0.265 e. The molecule has 15 heavy (non-hydrogen) atoms. The van der Waals surface area contributed by atoms with Crippen LogP contribution in [0, 0.1) is 0 Å². The van der Waals surface area contributed by atoms with Crippen LogP contribution >= 0.6 is 0 Å². The predicted molar refractivity (Wildman–Crippen MR) is 56.0 cm³/mol. The Morgan fingerprint density at radius 1 is 1.13 bits per heavy atom. The van der Waals surface area contributed by atoms with Gasteiger partial charge in [0.1, 0.15) is 0 Å². The van der Waals surface area contributed by atoms with E-state index in [-0.39, 0.29) is 5.54 Å².